The van der Waals surface area contributed by atoms with Gasteiger partial charge in [0.1, 0.15) is 0 Å². The van der Waals surface area contributed by atoms with Gasteiger partial charge in [-0.15, -0.1) is 0 Å². The Morgan fingerprint density at radius 2 is 1.83 bits per heavy atom. The lowest BCUT2D eigenvalue weighted by atomic mass is 10.0. The van der Waals surface area contributed by atoms with Crippen LogP contribution in [0.5, 0.6) is 0 Å². The van der Waals surface area contributed by atoms with E-state index in [-0.39, 0.29) is 0 Å². The summed E-state index contributed by atoms with van der Waals surface area (Å²) in [7, 11) is 0. The van der Waals surface area contributed by atoms with Crippen LogP contribution >= 0.6 is 11.8 Å². The third-order valence-corrected chi connectivity index (χ3v) is 5.94. The van der Waals surface area contributed by atoms with E-state index >= 15 is 0 Å². The molecular formula is C14H24N2OS. The van der Waals surface area contributed by atoms with Gasteiger partial charge in [0.2, 0.25) is 5.91 Å². The van der Waals surface area contributed by atoms with Crippen LogP contribution in [0.4, 0.5) is 0 Å². The van der Waals surface area contributed by atoms with Crippen molar-refractivity contribution in [2.75, 3.05) is 24.6 Å². The van der Waals surface area contributed by atoms with Crippen LogP contribution in [0.25, 0.3) is 0 Å². The Labute approximate surface area is 114 Å². The van der Waals surface area contributed by atoms with Crippen molar-refractivity contribution in [3.63, 3.8) is 0 Å². The predicted octanol–water partition coefficient (Wildman–Crippen LogP) is 1.82. The Hall–Kier alpha value is -0.220. The maximum Gasteiger partial charge on any atom is 0.227 e. The molecule has 3 aliphatic rings. The average molecular weight is 268 g/mol. The van der Waals surface area contributed by atoms with Crippen LogP contribution in [0.1, 0.15) is 33.1 Å². The van der Waals surface area contributed by atoms with E-state index in [1.165, 1.54) is 18.6 Å². The molecule has 3 rings (SSSR count). The maximum atomic E-state index is 12.6. The summed E-state index contributed by atoms with van der Waals surface area (Å²) in [5.74, 6) is 3.03. The molecular weight excluding hydrogens is 244 g/mol. The van der Waals surface area contributed by atoms with Crippen molar-refractivity contribution in [1.82, 2.24) is 9.80 Å². The number of carbonyl (C=O) groups is 1. The molecule has 0 aromatic carbocycles. The standard InChI is InChI=1S/C14H24N2OS/c1-10(2)15-7-12-3-4-13(8-15)16(12)14(17)11-5-6-18-9-11/h10-13H,3-9H2,1-2H3. The fraction of sp³-hybridized carbons (Fsp3) is 0.929. The third kappa shape index (κ3) is 2.18. The van der Waals surface area contributed by atoms with Gasteiger partial charge in [-0.2, -0.15) is 11.8 Å². The van der Waals surface area contributed by atoms with Gasteiger partial charge >= 0.3 is 0 Å². The van der Waals surface area contributed by atoms with Crippen molar-refractivity contribution in [2.45, 2.75) is 51.2 Å². The SMILES string of the molecule is CC(C)N1CC2CCC(C1)N2C(=O)C1CCSC1. The lowest BCUT2D eigenvalue weighted by Gasteiger charge is -2.43. The van der Waals surface area contributed by atoms with Crippen molar-refractivity contribution in [3.05, 3.63) is 0 Å². The summed E-state index contributed by atoms with van der Waals surface area (Å²) in [6.45, 7) is 6.73. The molecule has 4 heteroatoms. The summed E-state index contributed by atoms with van der Waals surface area (Å²) in [4.78, 5) is 17.5. The highest BCUT2D eigenvalue weighted by Gasteiger charge is 2.44. The second-order valence-electron chi connectivity index (χ2n) is 6.24. The third-order valence-electron chi connectivity index (χ3n) is 4.77. The summed E-state index contributed by atoms with van der Waals surface area (Å²) in [5.41, 5.74) is 0. The normalized spacial score (nSPS) is 36.6. The van der Waals surface area contributed by atoms with Gasteiger partial charge in [0.15, 0.2) is 0 Å². The fourth-order valence-electron chi connectivity index (χ4n) is 3.66. The van der Waals surface area contributed by atoms with E-state index in [4.69, 9.17) is 0 Å². The molecule has 2 bridgehead atoms. The molecule has 3 nitrogen and oxygen atoms in total. The van der Waals surface area contributed by atoms with Gasteiger partial charge in [-0.05, 0) is 38.9 Å². The Balaban J connectivity index is 1.69. The first-order chi connectivity index (χ1) is 8.66. The summed E-state index contributed by atoms with van der Waals surface area (Å²) in [6, 6.07) is 1.63. The van der Waals surface area contributed by atoms with Crippen LogP contribution in [0.15, 0.2) is 0 Å². The Morgan fingerprint density at radius 3 is 2.33 bits per heavy atom. The monoisotopic (exact) mass is 268 g/mol. The Kier molecular flexibility index (Phi) is 3.59. The fourth-order valence-corrected chi connectivity index (χ4v) is 4.87. The highest BCUT2D eigenvalue weighted by atomic mass is 32.2. The van der Waals surface area contributed by atoms with Crippen LogP contribution in [-0.2, 0) is 4.79 Å². The summed E-state index contributed by atoms with van der Waals surface area (Å²) < 4.78 is 0. The molecule has 0 N–H and O–H groups in total. The van der Waals surface area contributed by atoms with E-state index in [2.05, 4.69) is 23.6 Å². The largest absolute Gasteiger partial charge is 0.334 e. The van der Waals surface area contributed by atoms with Crippen LogP contribution in [0, 0.1) is 5.92 Å². The second kappa shape index (κ2) is 5.04. The predicted molar refractivity (Wildman–Crippen MR) is 75.8 cm³/mol. The highest BCUT2D eigenvalue weighted by molar-refractivity contribution is 7.99. The number of piperazine rings is 1. The number of nitrogens with zero attached hydrogens (tertiary/aromatic N) is 2. The lowest BCUT2D eigenvalue weighted by Crippen LogP contribution is -2.58. The zero-order valence-electron chi connectivity index (χ0n) is 11.5. The zero-order valence-corrected chi connectivity index (χ0v) is 12.3. The van der Waals surface area contributed by atoms with Gasteiger partial charge in [0, 0.05) is 42.9 Å². The van der Waals surface area contributed by atoms with Crippen LogP contribution < -0.4 is 0 Å². The van der Waals surface area contributed by atoms with Gasteiger partial charge in [0.25, 0.3) is 0 Å². The molecule has 0 aliphatic carbocycles. The first-order valence-corrected chi connectivity index (χ1v) is 8.46. The van der Waals surface area contributed by atoms with Crippen molar-refractivity contribution in [1.29, 1.82) is 0 Å². The molecule has 3 atom stereocenters. The van der Waals surface area contributed by atoms with E-state index in [1.807, 2.05) is 11.8 Å². The number of carbonyl (C=O) groups excluding carboxylic acids is 1. The van der Waals surface area contributed by atoms with Crippen LogP contribution in [0.2, 0.25) is 0 Å². The average Bonchev–Trinajstić information content (AvgIpc) is 2.95. The number of amides is 1. The first kappa shape index (κ1) is 12.8. The minimum absolute atomic E-state index is 0.323. The quantitative estimate of drug-likeness (QED) is 0.763. The van der Waals surface area contributed by atoms with E-state index in [1.54, 1.807) is 0 Å². The van der Waals surface area contributed by atoms with Crippen molar-refractivity contribution >= 4 is 17.7 Å². The van der Waals surface area contributed by atoms with Gasteiger partial charge < -0.3 is 4.90 Å². The Bertz CT molecular complexity index is 314. The second-order valence-corrected chi connectivity index (χ2v) is 7.39. The number of hydrogen-bond acceptors (Lipinski definition) is 3. The minimum atomic E-state index is 0.323. The van der Waals surface area contributed by atoms with E-state index in [0.717, 1.165) is 25.3 Å². The van der Waals surface area contributed by atoms with E-state index in [0.29, 0.717) is 30.0 Å². The molecule has 3 unspecified atom stereocenters. The molecule has 18 heavy (non-hydrogen) atoms. The maximum absolute atomic E-state index is 12.6. The van der Waals surface area contributed by atoms with Gasteiger partial charge in [-0.1, -0.05) is 0 Å². The number of rotatable bonds is 2. The van der Waals surface area contributed by atoms with E-state index < -0.39 is 0 Å². The van der Waals surface area contributed by atoms with E-state index in [9.17, 15) is 4.79 Å². The van der Waals surface area contributed by atoms with Gasteiger partial charge in [0.05, 0.1) is 0 Å². The van der Waals surface area contributed by atoms with Crippen LogP contribution in [-0.4, -0.2) is 58.4 Å². The number of fused-ring (bicyclic) bond motifs is 2. The lowest BCUT2D eigenvalue weighted by molar-refractivity contribution is -0.141. The van der Waals surface area contributed by atoms with Crippen LogP contribution in [0.3, 0.4) is 0 Å². The smallest absolute Gasteiger partial charge is 0.227 e. The molecule has 102 valence electrons. The first-order valence-electron chi connectivity index (χ1n) is 7.30. The minimum Gasteiger partial charge on any atom is -0.334 e. The molecule has 3 heterocycles. The molecule has 3 saturated heterocycles. The highest BCUT2D eigenvalue weighted by Crippen LogP contribution is 2.35. The van der Waals surface area contributed by atoms with Crippen molar-refractivity contribution in [3.8, 4) is 0 Å². The molecule has 1 amide bonds. The summed E-state index contributed by atoms with van der Waals surface area (Å²) in [6.07, 6.45) is 3.55. The topological polar surface area (TPSA) is 23.6 Å². The molecule has 3 fully saturated rings. The summed E-state index contributed by atoms with van der Waals surface area (Å²) >= 11 is 1.94. The number of thioether (sulfide) groups is 1. The number of hydrogen-bond donors (Lipinski definition) is 0. The molecule has 0 radical (unpaired) electrons. The molecule has 0 spiro atoms. The molecule has 0 saturated carbocycles. The number of likely N-dealkylation sites (tertiary alicyclic amines) is 1. The molecule has 0 aromatic heterocycles. The molecule has 0 aromatic rings. The van der Waals surface area contributed by atoms with Gasteiger partial charge in [-0.3, -0.25) is 9.69 Å². The van der Waals surface area contributed by atoms with Gasteiger partial charge in [-0.25, -0.2) is 0 Å². The van der Waals surface area contributed by atoms with Crippen molar-refractivity contribution in [2.24, 2.45) is 5.92 Å². The Morgan fingerprint density at radius 1 is 1.17 bits per heavy atom. The summed E-state index contributed by atoms with van der Waals surface area (Å²) in [5, 5.41) is 0. The zero-order chi connectivity index (χ0) is 12.7. The molecule has 3 aliphatic heterocycles. The van der Waals surface area contributed by atoms with Crippen molar-refractivity contribution < 1.29 is 4.79 Å².